The quantitative estimate of drug-likeness (QED) is 0.146. The first-order valence-corrected chi connectivity index (χ1v) is 12.0. The summed E-state index contributed by atoms with van der Waals surface area (Å²) >= 11 is 3.55. The van der Waals surface area contributed by atoms with Gasteiger partial charge >= 0.3 is 0 Å². The van der Waals surface area contributed by atoms with Crippen molar-refractivity contribution in [3.8, 4) is 17.6 Å². The Bertz CT molecular complexity index is 1480. The van der Waals surface area contributed by atoms with E-state index in [1.54, 1.807) is 24.3 Å². The number of aryl methyl sites for hydroxylation is 2. The number of fused-ring (bicyclic) bond motifs is 1. The van der Waals surface area contributed by atoms with Gasteiger partial charge in [0.25, 0.3) is 5.69 Å². The van der Waals surface area contributed by atoms with Gasteiger partial charge in [0.15, 0.2) is 11.5 Å². The van der Waals surface area contributed by atoms with E-state index in [-0.39, 0.29) is 12.3 Å². The summed E-state index contributed by atoms with van der Waals surface area (Å²) in [6.07, 6.45) is 1.74. The number of benzene rings is 3. The van der Waals surface area contributed by atoms with Crippen molar-refractivity contribution in [1.82, 2.24) is 9.97 Å². The number of halogens is 1. The maximum Gasteiger partial charge on any atom is 0.269 e. The van der Waals surface area contributed by atoms with Gasteiger partial charge in [-0.2, -0.15) is 5.26 Å². The van der Waals surface area contributed by atoms with Crippen LogP contribution in [0.2, 0.25) is 0 Å². The highest BCUT2D eigenvalue weighted by Crippen LogP contribution is 2.38. The third kappa shape index (κ3) is 5.39. The normalized spacial score (nSPS) is 11.4. The Hall–Kier alpha value is -4.16. The van der Waals surface area contributed by atoms with Crippen molar-refractivity contribution >= 4 is 44.3 Å². The van der Waals surface area contributed by atoms with Crippen molar-refractivity contribution in [3.63, 3.8) is 0 Å². The summed E-state index contributed by atoms with van der Waals surface area (Å²) in [6.45, 7) is 6.56. The van der Waals surface area contributed by atoms with Crippen molar-refractivity contribution in [1.29, 1.82) is 5.26 Å². The van der Waals surface area contributed by atoms with E-state index in [9.17, 15) is 15.4 Å². The third-order valence-electron chi connectivity index (χ3n) is 5.65. The maximum atomic E-state index is 10.9. The molecule has 0 saturated carbocycles. The summed E-state index contributed by atoms with van der Waals surface area (Å²) in [6, 6.07) is 16.1. The van der Waals surface area contributed by atoms with E-state index in [0.29, 0.717) is 34.0 Å². The molecule has 0 saturated heterocycles. The number of nitrogens with one attached hydrogen (secondary N) is 1. The Kier molecular flexibility index (Phi) is 7.36. The molecule has 36 heavy (non-hydrogen) atoms. The van der Waals surface area contributed by atoms with Crippen molar-refractivity contribution in [2.24, 2.45) is 0 Å². The molecule has 0 fully saturated rings. The van der Waals surface area contributed by atoms with E-state index in [1.165, 1.54) is 12.1 Å². The number of imidazole rings is 1. The first kappa shape index (κ1) is 24.9. The van der Waals surface area contributed by atoms with Crippen LogP contribution in [0.4, 0.5) is 5.69 Å². The first-order valence-electron chi connectivity index (χ1n) is 11.2. The van der Waals surface area contributed by atoms with Crippen LogP contribution in [0.5, 0.6) is 11.5 Å². The van der Waals surface area contributed by atoms with Crippen LogP contribution in [0.15, 0.2) is 53.0 Å². The Labute approximate surface area is 216 Å². The minimum atomic E-state index is -0.441. The molecule has 0 bridgehead atoms. The Balaban J connectivity index is 1.63. The molecule has 0 aliphatic carbocycles. The smallest absolute Gasteiger partial charge is 0.269 e. The molecule has 0 spiro atoms. The van der Waals surface area contributed by atoms with Crippen molar-refractivity contribution in [2.45, 2.75) is 27.4 Å². The summed E-state index contributed by atoms with van der Waals surface area (Å²) in [5.41, 5.74) is 5.89. The summed E-state index contributed by atoms with van der Waals surface area (Å²) < 4.78 is 12.5. The minimum absolute atomic E-state index is 0.0223. The predicted octanol–water partition coefficient (Wildman–Crippen LogP) is 6.89. The van der Waals surface area contributed by atoms with Crippen LogP contribution in [-0.2, 0) is 6.61 Å². The zero-order valence-electron chi connectivity index (χ0n) is 20.0. The second-order valence-corrected chi connectivity index (χ2v) is 9.04. The fourth-order valence-corrected chi connectivity index (χ4v) is 4.24. The number of aromatic amines is 1. The molecule has 0 aliphatic rings. The largest absolute Gasteiger partial charge is 0.490 e. The molecule has 4 rings (SSSR count). The average Bonchev–Trinajstić information content (AvgIpc) is 3.25. The number of nitrogens with zero attached hydrogens (tertiary/aromatic N) is 3. The summed E-state index contributed by atoms with van der Waals surface area (Å²) in [5, 5.41) is 20.7. The molecule has 1 N–H and O–H groups in total. The molecule has 0 aliphatic heterocycles. The number of nitro benzene ring substituents is 1. The van der Waals surface area contributed by atoms with Crippen molar-refractivity contribution < 1.29 is 14.4 Å². The monoisotopic (exact) mass is 546 g/mol. The highest BCUT2D eigenvalue weighted by Gasteiger charge is 2.15. The molecule has 182 valence electrons. The van der Waals surface area contributed by atoms with E-state index in [1.807, 2.05) is 39.0 Å². The lowest BCUT2D eigenvalue weighted by molar-refractivity contribution is -0.384. The molecular formula is C27H23BrN4O4. The SMILES string of the molecule is CCOc1cc(/C=C(\C#N)c2nc3cc(C)c(C)cc3[nH]2)cc(Br)c1OCc1ccc([N+](=O)[O-])cc1. The van der Waals surface area contributed by atoms with Gasteiger partial charge in [-0.3, -0.25) is 10.1 Å². The lowest BCUT2D eigenvalue weighted by Gasteiger charge is -2.15. The van der Waals surface area contributed by atoms with Crippen molar-refractivity contribution in [3.05, 3.63) is 91.2 Å². The maximum absolute atomic E-state index is 10.9. The standard InChI is InChI=1S/C27H23BrN4O4/c1-4-35-25-13-19(11-20(14-29)27-30-23-9-16(2)17(3)10-24(23)31-27)12-22(28)26(25)36-15-18-5-7-21(8-6-18)32(33)34/h5-13H,4,15H2,1-3H3,(H,30,31)/b20-11+. The van der Waals surface area contributed by atoms with Crippen LogP contribution in [0, 0.1) is 35.3 Å². The van der Waals surface area contributed by atoms with Crippen LogP contribution in [0.25, 0.3) is 22.7 Å². The molecule has 0 amide bonds. The zero-order chi connectivity index (χ0) is 25.8. The van der Waals surface area contributed by atoms with Gasteiger partial charge in [0.05, 0.1) is 32.6 Å². The molecule has 1 aromatic heterocycles. The number of ether oxygens (including phenoxy) is 2. The van der Waals surface area contributed by atoms with E-state index >= 15 is 0 Å². The molecular weight excluding hydrogens is 524 g/mol. The van der Waals surface area contributed by atoms with Gasteiger partial charge in [-0.1, -0.05) is 0 Å². The number of allylic oxidation sites excluding steroid dienone is 1. The van der Waals surface area contributed by atoms with Gasteiger partial charge in [0.2, 0.25) is 0 Å². The predicted molar refractivity (Wildman–Crippen MR) is 142 cm³/mol. The van der Waals surface area contributed by atoms with Crippen LogP contribution in [-0.4, -0.2) is 21.5 Å². The van der Waals surface area contributed by atoms with Gasteiger partial charge in [-0.25, -0.2) is 4.98 Å². The molecule has 4 aromatic rings. The molecule has 9 heteroatoms. The average molecular weight is 547 g/mol. The van der Waals surface area contributed by atoms with E-state index < -0.39 is 4.92 Å². The molecule has 0 unspecified atom stereocenters. The topological polar surface area (TPSA) is 114 Å². The molecule has 1 heterocycles. The Morgan fingerprint density at radius 1 is 1.17 bits per heavy atom. The third-order valence-corrected chi connectivity index (χ3v) is 6.24. The molecule has 3 aromatic carbocycles. The lowest BCUT2D eigenvalue weighted by Crippen LogP contribution is -2.01. The highest BCUT2D eigenvalue weighted by molar-refractivity contribution is 9.10. The fourth-order valence-electron chi connectivity index (χ4n) is 3.66. The number of hydrogen-bond acceptors (Lipinski definition) is 6. The van der Waals surface area contributed by atoms with E-state index in [0.717, 1.165) is 33.3 Å². The number of hydrogen-bond donors (Lipinski definition) is 1. The minimum Gasteiger partial charge on any atom is -0.490 e. The van der Waals surface area contributed by atoms with E-state index in [2.05, 4.69) is 32.0 Å². The second-order valence-electron chi connectivity index (χ2n) is 8.18. The number of aromatic nitrogens is 2. The number of H-pyrrole nitrogens is 1. The van der Waals surface area contributed by atoms with Gasteiger partial charge in [-0.15, -0.1) is 0 Å². The van der Waals surface area contributed by atoms with Gasteiger partial charge < -0.3 is 14.5 Å². The van der Waals surface area contributed by atoms with Gasteiger partial charge in [0, 0.05) is 12.1 Å². The zero-order valence-corrected chi connectivity index (χ0v) is 21.5. The molecule has 8 nitrogen and oxygen atoms in total. The number of nitro groups is 1. The Morgan fingerprint density at radius 2 is 1.89 bits per heavy atom. The van der Waals surface area contributed by atoms with Crippen LogP contribution in [0.1, 0.15) is 35.0 Å². The van der Waals surface area contributed by atoms with E-state index in [4.69, 9.17) is 9.47 Å². The summed E-state index contributed by atoms with van der Waals surface area (Å²) in [4.78, 5) is 18.3. The van der Waals surface area contributed by atoms with Crippen molar-refractivity contribution in [2.75, 3.05) is 6.61 Å². The number of rotatable bonds is 8. The van der Waals surface area contributed by atoms with Gasteiger partial charge in [0.1, 0.15) is 18.5 Å². The van der Waals surface area contributed by atoms with Crippen LogP contribution < -0.4 is 9.47 Å². The van der Waals surface area contributed by atoms with Gasteiger partial charge in [-0.05, 0) is 101 Å². The lowest BCUT2D eigenvalue weighted by atomic mass is 10.1. The summed E-state index contributed by atoms with van der Waals surface area (Å²) in [7, 11) is 0. The Morgan fingerprint density at radius 3 is 2.56 bits per heavy atom. The second kappa shape index (κ2) is 10.6. The first-order chi connectivity index (χ1) is 17.3. The summed E-state index contributed by atoms with van der Waals surface area (Å²) in [5.74, 6) is 1.50. The molecule has 0 radical (unpaired) electrons. The number of non-ortho nitro benzene ring substituents is 1. The molecule has 0 atom stereocenters. The fraction of sp³-hybridized carbons (Fsp3) is 0.185. The highest BCUT2D eigenvalue weighted by atomic mass is 79.9. The number of nitriles is 1. The van der Waals surface area contributed by atoms with Crippen LogP contribution in [0.3, 0.4) is 0 Å². The van der Waals surface area contributed by atoms with Crippen LogP contribution >= 0.6 is 15.9 Å².